The minimum atomic E-state index is -0.0552. The van der Waals surface area contributed by atoms with E-state index >= 15 is 0 Å². The zero-order chi connectivity index (χ0) is 17.4. The summed E-state index contributed by atoms with van der Waals surface area (Å²) < 4.78 is 1.69. The Morgan fingerprint density at radius 1 is 1.12 bits per heavy atom. The number of rotatable bonds is 2. The van der Waals surface area contributed by atoms with Crippen LogP contribution in [0.1, 0.15) is 10.5 Å². The van der Waals surface area contributed by atoms with Gasteiger partial charge in [0.2, 0.25) is 0 Å². The van der Waals surface area contributed by atoms with E-state index in [1.807, 2.05) is 11.0 Å². The number of halogens is 1. The number of carbonyl (C=O) groups excluding carboxylic acids is 1. The number of amides is 1. The SMILES string of the molecule is O=C(c1cccc2nncn12)N1CCN(c2cc(Cl)ccc2O)CC1. The van der Waals surface area contributed by atoms with Gasteiger partial charge in [-0.1, -0.05) is 17.7 Å². The van der Waals surface area contributed by atoms with Crippen molar-refractivity contribution in [3.63, 3.8) is 0 Å². The molecule has 0 saturated carbocycles. The molecule has 0 radical (unpaired) electrons. The molecular weight excluding hydrogens is 342 g/mol. The first kappa shape index (κ1) is 15.7. The van der Waals surface area contributed by atoms with Gasteiger partial charge in [0.25, 0.3) is 5.91 Å². The summed E-state index contributed by atoms with van der Waals surface area (Å²) in [5.41, 5.74) is 1.88. The maximum absolute atomic E-state index is 12.8. The van der Waals surface area contributed by atoms with Gasteiger partial charge in [-0.15, -0.1) is 10.2 Å². The predicted octanol–water partition coefficient (Wildman–Crippen LogP) is 2.05. The Kier molecular flexibility index (Phi) is 3.93. The molecule has 0 bridgehead atoms. The molecule has 128 valence electrons. The van der Waals surface area contributed by atoms with E-state index in [1.54, 1.807) is 46.0 Å². The molecule has 4 rings (SSSR count). The molecule has 0 atom stereocenters. The van der Waals surface area contributed by atoms with Gasteiger partial charge < -0.3 is 14.9 Å². The molecule has 1 amide bonds. The van der Waals surface area contributed by atoms with E-state index in [1.165, 1.54) is 0 Å². The van der Waals surface area contributed by atoms with Crippen LogP contribution in [-0.2, 0) is 0 Å². The lowest BCUT2D eigenvalue weighted by Crippen LogP contribution is -2.49. The summed E-state index contributed by atoms with van der Waals surface area (Å²) in [6.45, 7) is 2.36. The van der Waals surface area contributed by atoms with Gasteiger partial charge in [0, 0.05) is 31.2 Å². The fraction of sp³-hybridized carbons (Fsp3) is 0.235. The second kappa shape index (κ2) is 6.25. The van der Waals surface area contributed by atoms with Gasteiger partial charge in [-0.2, -0.15) is 0 Å². The average molecular weight is 358 g/mol. The zero-order valence-corrected chi connectivity index (χ0v) is 14.1. The molecule has 25 heavy (non-hydrogen) atoms. The molecule has 1 N–H and O–H groups in total. The number of phenolic OH excluding ortho intramolecular Hbond substituents is 1. The van der Waals surface area contributed by atoms with Crippen molar-refractivity contribution in [3.05, 3.63) is 53.4 Å². The number of pyridine rings is 1. The van der Waals surface area contributed by atoms with Crippen LogP contribution in [0.15, 0.2) is 42.7 Å². The van der Waals surface area contributed by atoms with Gasteiger partial charge in [-0.05, 0) is 30.3 Å². The molecule has 7 nitrogen and oxygen atoms in total. The number of benzene rings is 1. The summed E-state index contributed by atoms with van der Waals surface area (Å²) >= 11 is 6.02. The van der Waals surface area contributed by atoms with Gasteiger partial charge in [-0.25, -0.2) is 0 Å². The van der Waals surface area contributed by atoms with Crippen LogP contribution in [0.5, 0.6) is 5.75 Å². The summed E-state index contributed by atoms with van der Waals surface area (Å²) in [4.78, 5) is 16.7. The molecule has 0 spiro atoms. The van der Waals surface area contributed by atoms with Crippen molar-refractivity contribution in [2.75, 3.05) is 31.1 Å². The third-order valence-electron chi connectivity index (χ3n) is 4.40. The lowest BCUT2D eigenvalue weighted by molar-refractivity contribution is 0.0739. The van der Waals surface area contributed by atoms with Crippen molar-refractivity contribution in [2.45, 2.75) is 0 Å². The fourth-order valence-corrected chi connectivity index (χ4v) is 3.25. The second-order valence-corrected chi connectivity index (χ2v) is 6.32. The maximum Gasteiger partial charge on any atom is 0.271 e. The van der Waals surface area contributed by atoms with Crippen molar-refractivity contribution in [1.29, 1.82) is 0 Å². The zero-order valence-electron chi connectivity index (χ0n) is 13.3. The van der Waals surface area contributed by atoms with Crippen LogP contribution in [0.3, 0.4) is 0 Å². The molecule has 3 heterocycles. The second-order valence-electron chi connectivity index (χ2n) is 5.88. The van der Waals surface area contributed by atoms with Crippen molar-refractivity contribution in [1.82, 2.24) is 19.5 Å². The Morgan fingerprint density at radius 3 is 2.72 bits per heavy atom. The number of hydrogen-bond acceptors (Lipinski definition) is 5. The van der Waals surface area contributed by atoms with Crippen molar-refractivity contribution < 1.29 is 9.90 Å². The molecule has 1 aliphatic heterocycles. The first-order chi connectivity index (χ1) is 12.1. The largest absolute Gasteiger partial charge is 0.506 e. The number of aromatic hydroxyl groups is 1. The summed E-state index contributed by atoms with van der Waals surface area (Å²) in [6.07, 6.45) is 1.54. The molecule has 3 aromatic rings. The molecule has 1 fully saturated rings. The van der Waals surface area contributed by atoms with E-state index < -0.39 is 0 Å². The highest BCUT2D eigenvalue weighted by atomic mass is 35.5. The number of anilines is 1. The lowest BCUT2D eigenvalue weighted by atomic mass is 10.2. The summed E-state index contributed by atoms with van der Waals surface area (Å²) in [5.74, 6) is 0.138. The Hall–Kier alpha value is -2.80. The third-order valence-corrected chi connectivity index (χ3v) is 4.63. The van der Waals surface area contributed by atoms with Crippen LogP contribution in [0.25, 0.3) is 5.65 Å². The molecule has 0 unspecified atom stereocenters. The van der Waals surface area contributed by atoms with E-state index in [4.69, 9.17) is 11.6 Å². The Bertz CT molecular complexity index is 934. The fourth-order valence-electron chi connectivity index (χ4n) is 3.09. The highest BCUT2D eigenvalue weighted by Gasteiger charge is 2.25. The number of carbonyl (C=O) groups is 1. The van der Waals surface area contributed by atoms with Gasteiger partial charge in [0.15, 0.2) is 5.65 Å². The van der Waals surface area contributed by atoms with Crippen LogP contribution in [0.4, 0.5) is 5.69 Å². The average Bonchev–Trinajstić information content (AvgIpc) is 3.12. The van der Waals surface area contributed by atoms with Crippen molar-refractivity contribution in [3.8, 4) is 5.75 Å². The number of hydrogen-bond donors (Lipinski definition) is 1. The van der Waals surface area contributed by atoms with E-state index in [-0.39, 0.29) is 11.7 Å². The number of nitrogens with zero attached hydrogens (tertiary/aromatic N) is 5. The highest BCUT2D eigenvalue weighted by Crippen LogP contribution is 2.31. The monoisotopic (exact) mass is 357 g/mol. The molecule has 8 heteroatoms. The van der Waals surface area contributed by atoms with E-state index in [0.717, 1.165) is 0 Å². The maximum atomic E-state index is 12.8. The first-order valence-corrected chi connectivity index (χ1v) is 8.33. The van der Waals surface area contributed by atoms with Gasteiger partial charge in [0.05, 0.1) is 5.69 Å². The first-order valence-electron chi connectivity index (χ1n) is 7.95. The minimum absolute atomic E-state index is 0.0552. The molecule has 1 aliphatic rings. The normalized spacial score (nSPS) is 14.9. The summed E-state index contributed by atoms with van der Waals surface area (Å²) in [7, 11) is 0. The van der Waals surface area contributed by atoms with E-state index in [0.29, 0.717) is 48.2 Å². The van der Waals surface area contributed by atoms with Crippen molar-refractivity contribution in [2.24, 2.45) is 0 Å². The molecule has 1 aromatic carbocycles. The minimum Gasteiger partial charge on any atom is -0.506 e. The number of fused-ring (bicyclic) bond motifs is 1. The Labute approximate surface area is 149 Å². The van der Waals surface area contributed by atoms with Crippen LogP contribution in [-0.4, -0.2) is 56.7 Å². The quantitative estimate of drug-likeness (QED) is 0.759. The van der Waals surface area contributed by atoms with Crippen LogP contribution >= 0.6 is 11.6 Å². The van der Waals surface area contributed by atoms with Gasteiger partial charge in [0.1, 0.15) is 17.8 Å². The van der Waals surface area contributed by atoms with Crippen LogP contribution in [0.2, 0.25) is 5.02 Å². The topological polar surface area (TPSA) is 74.0 Å². The lowest BCUT2D eigenvalue weighted by Gasteiger charge is -2.36. The summed E-state index contributed by atoms with van der Waals surface area (Å²) in [5, 5.41) is 18.4. The third kappa shape index (κ3) is 2.87. The van der Waals surface area contributed by atoms with Crippen LogP contribution in [0, 0.1) is 0 Å². The number of aromatic nitrogens is 3. The number of piperazine rings is 1. The number of phenols is 1. The molecule has 1 saturated heterocycles. The molecule has 0 aliphatic carbocycles. The van der Waals surface area contributed by atoms with E-state index in [2.05, 4.69) is 10.2 Å². The highest BCUT2D eigenvalue weighted by molar-refractivity contribution is 6.30. The van der Waals surface area contributed by atoms with E-state index in [9.17, 15) is 9.90 Å². The molecule has 2 aromatic heterocycles. The Balaban J connectivity index is 1.51. The predicted molar refractivity (Wildman–Crippen MR) is 94.2 cm³/mol. The molecular formula is C17H16ClN5O2. The standard InChI is InChI=1S/C17H16ClN5O2/c18-12-4-5-15(24)14(10-12)21-6-8-22(9-7-21)17(25)13-2-1-3-16-20-19-11-23(13)16/h1-5,10-11,24H,6-9H2. The Morgan fingerprint density at radius 2 is 1.92 bits per heavy atom. The smallest absolute Gasteiger partial charge is 0.271 e. The van der Waals surface area contributed by atoms with Crippen molar-refractivity contribution >= 4 is 28.8 Å². The summed E-state index contributed by atoms with van der Waals surface area (Å²) in [6, 6.07) is 10.4. The van der Waals surface area contributed by atoms with Gasteiger partial charge >= 0.3 is 0 Å². The van der Waals surface area contributed by atoms with Gasteiger partial charge in [-0.3, -0.25) is 9.20 Å². The van der Waals surface area contributed by atoms with Crippen LogP contribution < -0.4 is 4.90 Å².